The number of hydrogen-bond donors (Lipinski definition) is 0. The molecule has 0 aliphatic rings. The van der Waals surface area contributed by atoms with Crippen LogP contribution in [-0.2, 0) is 0 Å². The van der Waals surface area contributed by atoms with Gasteiger partial charge in [0.2, 0.25) is 0 Å². The van der Waals surface area contributed by atoms with E-state index in [2.05, 4.69) is 5.16 Å². The van der Waals surface area contributed by atoms with Crippen molar-refractivity contribution < 1.29 is 18.1 Å². The van der Waals surface area contributed by atoms with Crippen molar-refractivity contribution in [2.24, 2.45) is 0 Å². The molecule has 0 radical (unpaired) electrons. The molecule has 0 aliphatic carbocycles. The van der Waals surface area contributed by atoms with E-state index < -0.39 is 16.9 Å². The van der Waals surface area contributed by atoms with Crippen LogP contribution in [0.3, 0.4) is 0 Å². The van der Waals surface area contributed by atoms with Gasteiger partial charge < -0.3 is 4.52 Å². The van der Waals surface area contributed by atoms with E-state index in [9.17, 15) is 13.6 Å². The Balaban J connectivity index is 2.53. The third-order valence-electron chi connectivity index (χ3n) is 2.00. The minimum Gasteiger partial charge on any atom is -0.354 e. The second-order valence-electron chi connectivity index (χ2n) is 3.08. The molecule has 1 heterocycles. The number of carbonyl (C=O) groups is 1. The molecular weight excluding hydrogens is 275 g/mol. The number of hydrogen-bond acceptors (Lipinski definition) is 3. The number of halogens is 4. The van der Waals surface area contributed by atoms with Crippen LogP contribution in [0.5, 0.6) is 0 Å². The Morgan fingerprint density at radius 3 is 2.53 bits per heavy atom. The molecule has 3 nitrogen and oxygen atoms in total. The van der Waals surface area contributed by atoms with Gasteiger partial charge in [0.15, 0.2) is 23.1 Å². The van der Waals surface area contributed by atoms with E-state index in [4.69, 9.17) is 27.7 Å². The first-order valence-corrected chi connectivity index (χ1v) is 5.06. The molecule has 17 heavy (non-hydrogen) atoms. The Bertz CT molecular complexity index is 598. The van der Waals surface area contributed by atoms with Gasteiger partial charge in [-0.05, 0) is 29.8 Å². The summed E-state index contributed by atoms with van der Waals surface area (Å²) >= 11 is 11.0. The predicted octanol–water partition coefficient (Wildman–Crippen LogP) is 3.65. The minimum absolute atomic E-state index is 0.0467. The van der Waals surface area contributed by atoms with Gasteiger partial charge in [-0.2, -0.15) is 0 Å². The molecule has 7 heteroatoms. The Kier molecular flexibility index (Phi) is 3.13. The monoisotopic (exact) mass is 277 g/mol. The molecule has 0 unspecified atom stereocenters. The van der Waals surface area contributed by atoms with Crippen molar-refractivity contribution in [1.29, 1.82) is 0 Å². The van der Waals surface area contributed by atoms with Crippen LogP contribution in [0, 0.1) is 11.6 Å². The van der Waals surface area contributed by atoms with Crippen LogP contribution in [-0.4, -0.2) is 10.4 Å². The van der Waals surface area contributed by atoms with Crippen LogP contribution in [0.4, 0.5) is 8.78 Å². The predicted molar refractivity (Wildman–Crippen MR) is 57.0 cm³/mol. The van der Waals surface area contributed by atoms with E-state index in [1.807, 2.05) is 0 Å². The van der Waals surface area contributed by atoms with Gasteiger partial charge in [0.25, 0.3) is 5.24 Å². The van der Waals surface area contributed by atoms with Crippen molar-refractivity contribution in [1.82, 2.24) is 5.16 Å². The lowest BCUT2D eigenvalue weighted by molar-refractivity contribution is 0.107. The van der Waals surface area contributed by atoms with Crippen LogP contribution >= 0.6 is 23.2 Å². The average molecular weight is 278 g/mol. The zero-order valence-electron chi connectivity index (χ0n) is 8.01. The minimum atomic E-state index is -1.06. The molecule has 0 atom stereocenters. The van der Waals surface area contributed by atoms with E-state index in [-0.39, 0.29) is 22.0 Å². The lowest BCUT2D eigenvalue weighted by Crippen LogP contribution is -1.89. The molecule has 0 amide bonds. The normalized spacial score (nSPS) is 10.6. The highest BCUT2D eigenvalue weighted by Crippen LogP contribution is 2.32. The number of aromatic nitrogens is 1. The summed E-state index contributed by atoms with van der Waals surface area (Å²) in [6.45, 7) is 0. The maximum Gasteiger partial charge on any atom is 0.275 e. The Hall–Kier alpha value is -1.46. The van der Waals surface area contributed by atoms with Gasteiger partial charge in [-0.25, -0.2) is 8.78 Å². The summed E-state index contributed by atoms with van der Waals surface area (Å²) in [5.74, 6) is -2.11. The first-order valence-electron chi connectivity index (χ1n) is 4.31. The topological polar surface area (TPSA) is 43.1 Å². The van der Waals surface area contributed by atoms with Crippen LogP contribution in [0.15, 0.2) is 22.7 Å². The van der Waals surface area contributed by atoms with Gasteiger partial charge in [0.05, 0.1) is 0 Å². The fourth-order valence-electron chi connectivity index (χ4n) is 1.22. The third kappa shape index (κ3) is 2.16. The summed E-state index contributed by atoms with van der Waals surface area (Å²) in [7, 11) is 0. The molecule has 0 bridgehead atoms. The van der Waals surface area contributed by atoms with Crippen LogP contribution < -0.4 is 0 Å². The molecule has 0 saturated carbocycles. The van der Waals surface area contributed by atoms with Gasteiger partial charge in [-0.1, -0.05) is 16.8 Å². The van der Waals surface area contributed by atoms with Crippen LogP contribution in [0.2, 0.25) is 5.02 Å². The molecule has 0 saturated heterocycles. The molecule has 2 rings (SSSR count). The summed E-state index contributed by atoms with van der Waals surface area (Å²) < 4.78 is 30.5. The van der Waals surface area contributed by atoms with E-state index in [0.29, 0.717) is 0 Å². The fraction of sp³-hybridized carbons (Fsp3) is 0. The molecule has 88 valence electrons. The average Bonchev–Trinajstić information content (AvgIpc) is 2.64. The molecule has 1 aromatic heterocycles. The highest BCUT2D eigenvalue weighted by atomic mass is 35.5. The summed E-state index contributed by atoms with van der Waals surface area (Å²) in [6, 6.07) is 3.03. The molecule has 2 aromatic rings. The first kappa shape index (κ1) is 12.0. The fourth-order valence-corrected chi connectivity index (χ4v) is 1.66. The number of carbonyl (C=O) groups excluding carboxylic acids is 1. The van der Waals surface area contributed by atoms with Gasteiger partial charge in [-0.3, -0.25) is 4.79 Å². The van der Waals surface area contributed by atoms with E-state index in [0.717, 1.165) is 12.1 Å². The van der Waals surface area contributed by atoms with E-state index >= 15 is 0 Å². The third-order valence-corrected chi connectivity index (χ3v) is 2.53. The molecule has 0 aliphatic heterocycles. The highest BCUT2D eigenvalue weighted by molar-refractivity contribution is 6.68. The first-order chi connectivity index (χ1) is 8.00. The maximum absolute atomic E-state index is 13.0. The summed E-state index contributed by atoms with van der Waals surface area (Å²) in [5, 5.41) is 2.30. The Morgan fingerprint density at radius 1 is 1.29 bits per heavy atom. The summed E-state index contributed by atoms with van der Waals surface area (Å²) in [6.07, 6.45) is 0. The van der Waals surface area contributed by atoms with E-state index in [1.165, 1.54) is 6.07 Å². The van der Waals surface area contributed by atoms with Crippen molar-refractivity contribution in [2.45, 2.75) is 0 Å². The second-order valence-corrected chi connectivity index (χ2v) is 3.80. The zero-order valence-corrected chi connectivity index (χ0v) is 9.52. The maximum atomic E-state index is 13.0. The quantitative estimate of drug-likeness (QED) is 0.787. The van der Waals surface area contributed by atoms with Crippen molar-refractivity contribution in [3.8, 4) is 11.3 Å². The van der Waals surface area contributed by atoms with Crippen molar-refractivity contribution in [3.05, 3.63) is 40.6 Å². The smallest absolute Gasteiger partial charge is 0.275 e. The molecule has 0 spiro atoms. The van der Waals surface area contributed by atoms with Crippen LogP contribution in [0.25, 0.3) is 11.3 Å². The van der Waals surface area contributed by atoms with Crippen LogP contribution in [0.1, 0.15) is 10.5 Å². The van der Waals surface area contributed by atoms with Gasteiger partial charge >= 0.3 is 0 Å². The standard InChI is InChI=1S/C10H3Cl2F2NO2/c11-7-8(10(12)16)15-17-9(7)4-1-2-5(13)6(14)3-4/h1-3H. The van der Waals surface area contributed by atoms with Gasteiger partial charge in [-0.15, -0.1) is 0 Å². The number of benzene rings is 1. The van der Waals surface area contributed by atoms with Crippen molar-refractivity contribution in [3.63, 3.8) is 0 Å². The Labute approximate surface area is 104 Å². The lowest BCUT2D eigenvalue weighted by Gasteiger charge is -1.97. The SMILES string of the molecule is O=C(Cl)c1noc(-c2ccc(F)c(F)c2)c1Cl. The second kappa shape index (κ2) is 4.43. The van der Waals surface area contributed by atoms with Crippen molar-refractivity contribution >= 4 is 28.4 Å². The van der Waals surface area contributed by atoms with Gasteiger partial charge in [0.1, 0.15) is 5.02 Å². The van der Waals surface area contributed by atoms with Gasteiger partial charge in [0, 0.05) is 5.56 Å². The zero-order chi connectivity index (χ0) is 12.6. The molecule has 0 N–H and O–H groups in total. The molecule has 0 fully saturated rings. The largest absolute Gasteiger partial charge is 0.354 e. The lowest BCUT2D eigenvalue weighted by atomic mass is 10.1. The number of nitrogens with zero attached hydrogens (tertiary/aromatic N) is 1. The molecular formula is C10H3Cl2F2NO2. The molecule has 1 aromatic carbocycles. The van der Waals surface area contributed by atoms with E-state index in [1.54, 1.807) is 0 Å². The summed E-state index contributed by atoms with van der Waals surface area (Å²) in [5.41, 5.74) is -0.112. The Morgan fingerprint density at radius 2 is 2.00 bits per heavy atom. The van der Waals surface area contributed by atoms with Crippen molar-refractivity contribution in [2.75, 3.05) is 0 Å². The highest BCUT2D eigenvalue weighted by Gasteiger charge is 2.20. The number of rotatable bonds is 2. The summed E-state index contributed by atoms with van der Waals surface area (Å²) in [4.78, 5) is 10.9.